The summed E-state index contributed by atoms with van der Waals surface area (Å²) in [4.78, 5) is 12.3. The van der Waals surface area contributed by atoms with Crippen molar-refractivity contribution in [2.75, 3.05) is 5.73 Å². The molecule has 1 unspecified atom stereocenters. The number of halogens is 2. The van der Waals surface area contributed by atoms with Gasteiger partial charge in [0, 0.05) is 10.5 Å². The second-order valence-electron chi connectivity index (χ2n) is 4.95. The number of nitrogen functional groups attached to an aromatic ring is 1. The number of nitrogens with one attached hydrogen (secondary N) is 1. The zero-order chi connectivity index (χ0) is 15.1. The molecule has 1 aromatic rings. The minimum Gasteiger partial charge on any atom is -0.396 e. The summed E-state index contributed by atoms with van der Waals surface area (Å²) in [6.07, 6.45) is 5.10. The zero-order valence-corrected chi connectivity index (χ0v) is 13.6. The van der Waals surface area contributed by atoms with Crippen LogP contribution in [0.4, 0.5) is 10.1 Å². The molecular formula is C15H22BrFN2O. The van der Waals surface area contributed by atoms with Crippen molar-refractivity contribution in [3.63, 3.8) is 0 Å². The molecule has 20 heavy (non-hydrogen) atoms. The molecule has 3 nitrogen and oxygen atoms in total. The van der Waals surface area contributed by atoms with Crippen molar-refractivity contribution in [3.8, 4) is 0 Å². The normalized spacial score (nSPS) is 12.2. The summed E-state index contributed by atoms with van der Waals surface area (Å²) in [7, 11) is 0. The van der Waals surface area contributed by atoms with Gasteiger partial charge in [-0.05, 0) is 40.9 Å². The van der Waals surface area contributed by atoms with Crippen LogP contribution >= 0.6 is 15.9 Å². The first kappa shape index (κ1) is 17.0. The summed E-state index contributed by atoms with van der Waals surface area (Å²) in [5.74, 6) is -0.734. The molecule has 0 aliphatic heterocycles. The highest BCUT2D eigenvalue weighted by molar-refractivity contribution is 9.10. The quantitative estimate of drug-likeness (QED) is 0.726. The summed E-state index contributed by atoms with van der Waals surface area (Å²) in [5.41, 5.74) is 5.88. The maximum absolute atomic E-state index is 13.3. The van der Waals surface area contributed by atoms with Crippen LogP contribution in [0.25, 0.3) is 0 Å². The van der Waals surface area contributed by atoms with Crippen LogP contribution in [0.15, 0.2) is 16.6 Å². The Morgan fingerprint density at radius 3 is 2.65 bits per heavy atom. The van der Waals surface area contributed by atoms with Crippen LogP contribution in [0.5, 0.6) is 0 Å². The largest absolute Gasteiger partial charge is 0.396 e. The molecule has 0 radical (unpaired) electrons. The van der Waals surface area contributed by atoms with Crippen molar-refractivity contribution < 1.29 is 9.18 Å². The van der Waals surface area contributed by atoms with Gasteiger partial charge >= 0.3 is 0 Å². The Bertz CT molecular complexity index is 465. The van der Waals surface area contributed by atoms with Gasteiger partial charge in [0.15, 0.2) is 0 Å². The lowest BCUT2D eigenvalue weighted by Crippen LogP contribution is -2.35. The average molecular weight is 345 g/mol. The first-order chi connectivity index (χ1) is 9.49. The van der Waals surface area contributed by atoms with Crippen molar-refractivity contribution in [2.24, 2.45) is 0 Å². The van der Waals surface area contributed by atoms with E-state index in [9.17, 15) is 9.18 Å². The average Bonchev–Trinajstić information content (AvgIpc) is 2.40. The van der Waals surface area contributed by atoms with E-state index in [1.807, 2.05) is 0 Å². The van der Waals surface area contributed by atoms with Gasteiger partial charge in [-0.2, -0.15) is 0 Å². The third-order valence-corrected chi connectivity index (χ3v) is 3.87. The van der Waals surface area contributed by atoms with E-state index in [0.717, 1.165) is 32.1 Å². The van der Waals surface area contributed by atoms with Crippen LogP contribution in [0.1, 0.15) is 56.3 Å². The number of carbonyl (C=O) groups excluding carboxylic acids is 1. The summed E-state index contributed by atoms with van der Waals surface area (Å²) in [5, 5.41) is 3.01. The molecule has 0 saturated carbocycles. The van der Waals surface area contributed by atoms with Gasteiger partial charge in [-0.25, -0.2) is 4.39 Å². The molecule has 0 aliphatic rings. The molecule has 1 aromatic carbocycles. The molecule has 0 saturated heterocycles. The topological polar surface area (TPSA) is 55.1 Å². The standard InChI is InChI=1S/C15H22BrFN2O/c1-3-5-7-10(6-4-2)19-15(20)11-8-14(18)13(17)9-12(11)16/h8-10H,3-7,18H2,1-2H3,(H,19,20). The number of unbranched alkanes of at least 4 members (excludes halogenated alkanes) is 1. The Balaban J connectivity index is 2.80. The first-order valence-corrected chi connectivity index (χ1v) is 7.84. The van der Waals surface area contributed by atoms with Gasteiger partial charge in [0.2, 0.25) is 0 Å². The Hall–Kier alpha value is -1.10. The van der Waals surface area contributed by atoms with E-state index in [-0.39, 0.29) is 17.6 Å². The molecule has 112 valence electrons. The molecule has 0 aliphatic carbocycles. The highest BCUT2D eigenvalue weighted by Gasteiger charge is 2.16. The number of benzene rings is 1. The predicted octanol–water partition coefficient (Wildman–Crippen LogP) is 4.26. The van der Waals surface area contributed by atoms with E-state index in [2.05, 4.69) is 35.1 Å². The van der Waals surface area contributed by atoms with Crippen LogP contribution in [0, 0.1) is 5.82 Å². The highest BCUT2D eigenvalue weighted by atomic mass is 79.9. The molecule has 0 heterocycles. The molecule has 3 N–H and O–H groups in total. The number of amides is 1. The van der Waals surface area contributed by atoms with Crippen molar-refractivity contribution in [1.82, 2.24) is 5.32 Å². The maximum Gasteiger partial charge on any atom is 0.252 e. The minimum absolute atomic E-state index is 0.0149. The van der Waals surface area contributed by atoms with E-state index >= 15 is 0 Å². The van der Waals surface area contributed by atoms with Crippen LogP contribution in [0.3, 0.4) is 0 Å². The third-order valence-electron chi connectivity index (χ3n) is 3.21. The lowest BCUT2D eigenvalue weighted by molar-refractivity contribution is 0.0931. The minimum atomic E-state index is -0.524. The number of carbonyl (C=O) groups is 1. The van der Waals surface area contributed by atoms with Crippen LogP contribution in [-0.4, -0.2) is 11.9 Å². The molecule has 0 bridgehead atoms. The number of nitrogens with two attached hydrogens (primary N) is 1. The Morgan fingerprint density at radius 1 is 1.35 bits per heavy atom. The number of hydrogen-bond donors (Lipinski definition) is 2. The van der Waals surface area contributed by atoms with E-state index in [1.54, 1.807) is 0 Å². The fourth-order valence-electron chi connectivity index (χ4n) is 2.09. The van der Waals surface area contributed by atoms with Crippen LogP contribution in [-0.2, 0) is 0 Å². The zero-order valence-electron chi connectivity index (χ0n) is 12.0. The predicted molar refractivity (Wildman–Crippen MR) is 84.2 cm³/mol. The molecule has 0 spiro atoms. The Morgan fingerprint density at radius 2 is 2.05 bits per heavy atom. The van der Waals surface area contributed by atoms with Gasteiger partial charge in [-0.15, -0.1) is 0 Å². The van der Waals surface area contributed by atoms with Crippen molar-refractivity contribution in [1.29, 1.82) is 0 Å². The monoisotopic (exact) mass is 344 g/mol. The summed E-state index contributed by atoms with van der Waals surface area (Å²) >= 11 is 3.21. The summed E-state index contributed by atoms with van der Waals surface area (Å²) in [6.45, 7) is 4.22. The SMILES string of the molecule is CCCCC(CCC)NC(=O)c1cc(N)c(F)cc1Br. The Labute approximate surface area is 128 Å². The molecular weight excluding hydrogens is 323 g/mol. The van der Waals surface area contributed by atoms with Crippen LogP contribution in [0.2, 0.25) is 0 Å². The van der Waals surface area contributed by atoms with Gasteiger partial charge in [-0.3, -0.25) is 4.79 Å². The number of hydrogen-bond acceptors (Lipinski definition) is 2. The molecule has 0 fully saturated rings. The van der Waals surface area contributed by atoms with Gasteiger partial charge in [0.1, 0.15) is 5.82 Å². The molecule has 1 amide bonds. The van der Waals surface area contributed by atoms with Crippen LogP contribution < -0.4 is 11.1 Å². The lowest BCUT2D eigenvalue weighted by Gasteiger charge is -2.18. The fraction of sp³-hybridized carbons (Fsp3) is 0.533. The highest BCUT2D eigenvalue weighted by Crippen LogP contribution is 2.23. The second kappa shape index (κ2) is 8.25. The number of rotatable bonds is 7. The van der Waals surface area contributed by atoms with Gasteiger partial charge in [0.05, 0.1) is 11.3 Å². The third kappa shape index (κ3) is 4.78. The van der Waals surface area contributed by atoms with Crippen molar-refractivity contribution in [3.05, 3.63) is 28.0 Å². The van der Waals surface area contributed by atoms with Crippen molar-refractivity contribution >= 4 is 27.5 Å². The lowest BCUT2D eigenvalue weighted by atomic mass is 10.0. The van der Waals surface area contributed by atoms with Gasteiger partial charge in [0.25, 0.3) is 5.91 Å². The Kier molecular flexibility index (Phi) is 6.99. The van der Waals surface area contributed by atoms with Gasteiger partial charge < -0.3 is 11.1 Å². The van der Waals surface area contributed by atoms with Gasteiger partial charge in [-0.1, -0.05) is 33.1 Å². The molecule has 1 rings (SSSR count). The molecule has 5 heteroatoms. The van der Waals surface area contributed by atoms with E-state index in [1.165, 1.54) is 12.1 Å². The first-order valence-electron chi connectivity index (χ1n) is 7.04. The second-order valence-corrected chi connectivity index (χ2v) is 5.81. The molecule has 0 aromatic heterocycles. The van der Waals surface area contributed by atoms with E-state index in [4.69, 9.17) is 5.73 Å². The maximum atomic E-state index is 13.3. The summed E-state index contributed by atoms with van der Waals surface area (Å²) < 4.78 is 13.7. The van der Waals surface area contributed by atoms with E-state index < -0.39 is 5.82 Å². The van der Waals surface area contributed by atoms with E-state index in [0.29, 0.717) is 10.0 Å². The number of anilines is 1. The van der Waals surface area contributed by atoms with Crippen molar-refractivity contribution in [2.45, 2.75) is 52.0 Å². The fourth-order valence-corrected chi connectivity index (χ4v) is 2.59. The summed E-state index contributed by atoms with van der Waals surface area (Å²) in [6, 6.07) is 2.76. The smallest absolute Gasteiger partial charge is 0.252 e. The molecule has 1 atom stereocenters.